The maximum absolute atomic E-state index is 11.5. The van der Waals surface area contributed by atoms with Gasteiger partial charge in [0, 0.05) is 6.54 Å². The Balaban J connectivity index is 2.54. The van der Waals surface area contributed by atoms with E-state index in [2.05, 4.69) is 26.1 Å². The van der Waals surface area contributed by atoms with Crippen LogP contribution in [-0.4, -0.2) is 18.7 Å². The molecule has 1 N–H and O–H groups in total. The van der Waals surface area contributed by atoms with Gasteiger partial charge in [0.15, 0.2) is 0 Å². The van der Waals surface area contributed by atoms with Gasteiger partial charge in [0.1, 0.15) is 6.10 Å². The molecule has 0 saturated heterocycles. The second-order valence-electron chi connectivity index (χ2n) is 5.30. The van der Waals surface area contributed by atoms with Crippen molar-refractivity contribution in [3.8, 4) is 0 Å². The molecule has 1 saturated carbocycles. The van der Waals surface area contributed by atoms with E-state index < -0.39 is 0 Å². The lowest BCUT2D eigenvalue weighted by molar-refractivity contribution is 0.00643. The fourth-order valence-corrected chi connectivity index (χ4v) is 2.57. The summed E-state index contributed by atoms with van der Waals surface area (Å²) in [6, 6.07) is 0. The topological polar surface area (TPSA) is 38.3 Å². The summed E-state index contributed by atoms with van der Waals surface area (Å²) >= 11 is 0. The van der Waals surface area contributed by atoms with Crippen molar-refractivity contribution in [1.29, 1.82) is 0 Å². The number of hydrogen-bond donors (Lipinski definition) is 1. The minimum absolute atomic E-state index is 0.107. The van der Waals surface area contributed by atoms with Gasteiger partial charge in [-0.05, 0) is 37.5 Å². The fourth-order valence-electron chi connectivity index (χ4n) is 2.57. The molecule has 0 heterocycles. The van der Waals surface area contributed by atoms with Gasteiger partial charge in [-0.2, -0.15) is 0 Å². The second-order valence-corrected chi connectivity index (χ2v) is 5.30. The van der Waals surface area contributed by atoms with Crippen LogP contribution >= 0.6 is 0 Å². The molecule has 94 valence electrons. The quantitative estimate of drug-likeness (QED) is 0.804. The third kappa shape index (κ3) is 3.69. The Kier molecular flexibility index (Phi) is 5.10. The van der Waals surface area contributed by atoms with Crippen LogP contribution in [0.3, 0.4) is 0 Å². The van der Waals surface area contributed by atoms with Crippen molar-refractivity contribution in [3.63, 3.8) is 0 Å². The van der Waals surface area contributed by atoms with E-state index in [0.717, 1.165) is 6.42 Å². The predicted molar refractivity (Wildman–Crippen MR) is 65.3 cm³/mol. The Hall–Kier alpha value is -0.730. The molecule has 1 amide bonds. The maximum Gasteiger partial charge on any atom is 0.407 e. The zero-order valence-electron chi connectivity index (χ0n) is 11.0. The van der Waals surface area contributed by atoms with Crippen molar-refractivity contribution < 1.29 is 9.53 Å². The van der Waals surface area contributed by atoms with Crippen LogP contribution in [0.25, 0.3) is 0 Å². The summed E-state index contributed by atoms with van der Waals surface area (Å²) in [6.07, 6.45) is 3.31. The highest BCUT2D eigenvalue weighted by Crippen LogP contribution is 2.35. The van der Waals surface area contributed by atoms with Crippen LogP contribution in [-0.2, 0) is 4.74 Å². The molecule has 0 bridgehead atoms. The summed E-state index contributed by atoms with van der Waals surface area (Å²) in [7, 11) is 0. The molecule has 0 aromatic carbocycles. The normalized spacial score (nSPS) is 30.2. The molecule has 1 aliphatic rings. The Morgan fingerprint density at radius 2 is 2.12 bits per heavy atom. The van der Waals surface area contributed by atoms with Crippen molar-refractivity contribution >= 4 is 6.09 Å². The van der Waals surface area contributed by atoms with Crippen molar-refractivity contribution in [2.75, 3.05) is 6.54 Å². The van der Waals surface area contributed by atoms with E-state index in [4.69, 9.17) is 4.74 Å². The highest BCUT2D eigenvalue weighted by atomic mass is 16.6. The number of carbonyl (C=O) groups excluding carboxylic acids is 1. The van der Waals surface area contributed by atoms with Gasteiger partial charge in [0.2, 0.25) is 0 Å². The molecule has 0 aliphatic heterocycles. The zero-order chi connectivity index (χ0) is 12.1. The fraction of sp³-hybridized carbons (Fsp3) is 0.923. The predicted octanol–water partition coefficient (Wildman–Crippen LogP) is 3.19. The summed E-state index contributed by atoms with van der Waals surface area (Å²) in [5.41, 5.74) is 0. The number of rotatable bonds is 3. The molecule has 3 nitrogen and oxygen atoms in total. The second kappa shape index (κ2) is 6.12. The highest BCUT2D eigenvalue weighted by Gasteiger charge is 2.33. The molecule has 1 aliphatic carbocycles. The standard InChI is InChI=1S/C13H25NO2/c1-5-14-13(15)16-12-8-10(4)6-7-11(12)9(2)3/h9-12H,5-8H2,1-4H3,(H,14,15)/t10-,11-,12-/m1/s1. The van der Waals surface area contributed by atoms with Gasteiger partial charge in [0.25, 0.3) is 0 Å². The van der Waals surface area contributed by atoms with Gasteiger partial charge in [-0.25, -0.2) is 4.79 Å². The van der Waals surface area contributed by atoms with Crippen molar-refractivity contribution in [3.05, 3.63) is 0 Å². The Morgan fingerprint density at radius 3 is 2.69 bits per heavy atom. The van der Waals surface area contributed by atoms with Crippen LogP contribution in [0.2, 0.25) is 0 Å². The Bertz CT molecular complexity index is 228. The van der Waals surface area contributed by atoms with Gasteiger partial charge in [-0.15, -0.1) is 0 Å². The van der Waals surface area contributed by atoms with E-state index in [1.807, 2.05) is 6.92 Å². The van der Waals surface area contributed by atoms with E-state index in [1.54, 1.807) is 0 Å². The van der Waals surface area contributed by atoms with E-state index in [0.29, 0.717) is 24.3 Å². The number of carbonyl (C=O) groups is 1. The van der Waals surface area contributed by atoms with Gasteiger partial charge < -0.3 is 10.1 Å². The lowest BCUT2D eigenvalue weighted by Crippen LogP contribution is -2.38. The molecule has 0 aromatic heterocycles. The molecule has 3 atom stereocenters. The highest BCUT2D eigenvalue weighted by molar-refractivity contribution is 5.67. The third-order valence-electron chi connectivity index (χ3n) is 3.54. The van der Waals surface area contributed by atoms with Crippen LogP contribution < -0.4 is 5.32 Å². The average Bonchev–Trinajstić information content (AvgIpc) is 2.17. The molecule has 0 aromatic rings. The number of amides is 1. The van der Waals surface area contributed by atoms with Gasteiger partial charge >= 0.3 is 6.09 Å². The smallest absolute Gasteiger partial charge is 0.407 e. The summed E-state index contributed by atoms with van der Waals surface area (Å²) < 4.78 is 5.53. The number of ether oxygens (including phenoxy) is 1. The molecule has 16 heavy (non-hydrogen) atoms. The first-order chi connectivity index (χ1) is 7.54. The first-order valence-corrected chi connectivity index (χ1v) is 6.49. The monoisotopic (exact) mass is 227 g/mol. The Labute approximate surface area is 98.9 Å². The van der Waals surface area contributed by atoms with E-state index in [-0.39, 0.29) is 12.2 Å². The summed E-state index contributed by atoms with van der Waals surface area (Å²) in [5.74, 6) is 1.79. The molecule has 1 rings (SSSR count). The minimum atomic E-state index is -0.257. The van der Waals surface area contributed by atoms with Crippen LogP contribution in [0, 0.1) is 17.8 Å². The molecule has 1 fully saturated rings. The van der Waals surface area contributed by atoms with E-state index in [1.165, 1.54) is 12.8 Å². The van der Waals surface area contributed by atoms with Crippen LogP contribution in [0.15, 0.2) is 0 Å². The minimum Gasteiger partial charge on any atom is -0.446 e. The third-order valence-corrected chi connectivity index (χ3v) is 3.54. The molecule has 0 spiro atoms. The van der Waals surface area contributed by atoms with Gasteiger partial charge in [-0.3, -0.25) is 0 Å². The van der Waals surface area contributed by atoms with Crippen LogP contribution in [0.1, 0.15) is 47.0 Å². The van der Waals surface area contributed by atoms with Crippen LogP contribution in [0.5, 0.6) is 0 Å². The number of nitrogens with one attached hydrogen (secondary N) is 1. The molecular weight excluding hydrogens is 202 g/mol. The molecular formula is C13H25NO2. The lowest BCUT2D eigenvalue weighted by atomic mass is 9.75. The van der Waals surface area contributed by atoms with Crippen LogP contribution in [0.4, 0.5) is 4.79 Å². The first kappa shape index (κ1) is 13.3. The van der Waals surface area contributed by atoms with Crippen molar-refractivity contribution in [1.82, 2.24) is 5.32 Å². The molecule has 0 radical (unpaired) electrons. The molecule has 0 unspecified atom stereocenters. The number of hydrogen-bond acceptors (Lipinski definition) is 2. The average molecular weight is 227 g/mol. The summed E-state index contributed by atoms with van der Waals surface area (Å²) in [6.45, 7) is 9.21. The van der Waals surface area contributed by atoms with Crippen molar-refractivity contribution in [2.24, 2.45) is 17.8 Å². The summed E-state index contributed by atoms with van der Waals surface area (Å²) in [5, 5.41) is 2.71. The molecule has 3 heteroatoms. The maximum atomic E-state index is 11.5. The first-order valence-electron chi connectivity index (χ1n) is 6.49. The lowest BCUT2D eigenvalue weighted by Gasteiger charge is -2.36. The van der Waals surface area contributed by atoms with Gasteiger partial charge in [-0.1, -0.05) is 27.2 Å². The SMILES string of the molecule is CCNC(=O)O[C@@H]1C[C@H](C)CC[C@@H]1C(C)C. The van der Waals surface area contributed by atoms with Gasteiger partial charge in [0.05, 0.1) is 0 Å². The largest absolute Gasteiger partial charge is 0.446 e. The Morgan fingerprint density at radius 1 is 1.44 bits per heavy atom. The van der Waals surface area contributed by atoms with E-state index >= 15 is 0 Å². The zero-order valence-corrected chi connectivity index (χ0v) is 11.0. The summed E-state index contributed by atoms with van der Waals surface area (Å²) in [4.78, 5) is 11.5. The van der Waals surface area contributed by atoms with E-state index in [9.17, 15) is 4.79 Å². The van der Waals surface area contributed by atoms with Crippen molar-refractivity contribution in [2.45, 2.75) is 53.1 Å². The number of alkyl carbamates (subject to hydrolysis) is 1.